The molecule has 3 heteroatoms. The maximum atomic E-state index is 5.82. The summed E-state index contributed by atoms with van der Waals surface area (Å²) >= 11 is 0. The van der Waals surface area contributed by atoms with E-state index >= 15 is 0 Å². The molecule has 0 aromatic heterocycles. The van der Waals surface area contributed by atoms with Crippen molar-refractivity contribution in [3.8, 4) is 11.5 Å². The smallest absolute Gasteiger partial charge is 0.122 e. The Balaban J connectivity index is 1.81. The molecule has 112 valence electrons. The lowest BCUT2D eigenvalue weighted by Gasteiger charge is -2.12. The van der Waals surface area contributed by atoms with E-state index in [4.69, 9.17) is 9.47 Å². The molecule has 0 spiro atoms. The molecule has 2 rings (SSSR count). The molecule has 0 atom stereocenters. The highest BCUT2D eigenvalue weighted by Crippen LogP contribution is 2.19. The number of ether oxygens (including phenoxy) is 2. The lowest BCUT2D eigenvalue weighted by atomic mass is 10.1. The standard InChI is InChI=1S/C18H23NO2/c1-4-20-17-7-5-6-16(13-17)19-10-11-21-18-12-14(2)8-9-15(18)3/h5-9,12-13,19H,4,10-11H2,1-3H3. The number of hydrogen-bond acceptors (Lipinski definition) is 3. The van der Waals surface area contributed by atoms with E-state index in [1.54, 1.807) is 0 Å². The first-order chi connectivity index (χ1) is 10.2. The van der Waals surface area contributed by atoms with Crippen LogP contribution in [0.15, 0.2) is 42.5 Å². The summed E-state index contributed by atoms with van der Waals surface area (Å²) in [5.41, 5.74) is 3.43. The third-order valence-electron chi connectivity index (χ3n) is 3.18. The Kier molecular flexibility index (Phi) is 5.50. The van der Waals surface area contributed by atoms with Crippen LogP contribution in [-0.2, 0) is 0 Å². The van der Waals surface area contributed by atoms with Gasteiger partial charge in [-0.05, 0) is 50.1 Å². The maximum Gasteiger partial charge on any atom is 0.122 e. The Morgan fingerprint density at radius 3 is 2.67 bits per heavy atom. The van der Waals surface area contributed by atoms with E-state index in [1.807, 2.05) is 31.2 Å². The molecule has 21 heavy (non-hydrogen) atoms. The van der Waals surface area contributed by atoms with Crippen LogP contribution in [0.25, 0.3) is 0 Å². The summed E-state index contributed by atoms with van der Waals surface area (Å²) in [6.07, 6.45) is 0. The van der Waals surface area contributed by atoms with Crippen LogP contribution in [0.4, 0.5) is 5.69 Å². The molecule has 3 nitrogen and oxygen atoms in total. The van der Waals surface area contributed by atoms with Gasteiger partial charge in [0.15, 0.2) is 0 Å². The van der Waals surface area contributed by atoms with E-state index in [1.165, 1.54) is 11.1 Å². The van der Waals surface area contributed by atoms with Gasteiger partial charge in [-0.15, -0.1) is 0 Å². The molecule has 0 radical (unpaired) electrons. The van der Waals surface area contributed by atoms with Crippen molar-refractivity contribution in [2.24, 2.45) is 0 Å². The van der Waals surface area contributed by atoms with Crippen LogP contribution in [0, 0.1) is 13.8 Å². The van der Waals surface area contributed by atoms with Crippen LogP contribution in [-0.4, -0.2) is 19.8 Å². The van der Waals surface area contributed by atoms with E-state index in [-0.39, 0.29) is 0 Å². The van der Waals surface area contributed by atoms with Gasteiger partial charge in [-0.1, -0.05) is 18.2 Å². The van der Waals surface area contributed by atoms with Crippen molar-refractivity contribution in [3.63, 3.8) is 0 Å². The average molecular weight is 285 g/mol. The van der Waals surface area contributed by atoms with E-state index < -0.39 is 0 Å². The molecule has 0 aliphatic rings. The fraction of sp³-hybridized carbons (Fsp3) is 0.333. The van der Waals surface area contributed by atoms with Gasteiger partial charge in [0.25, 0.3) is 0 Å². The molecule has 2 aromatic rings. The van der Waals surface area contributed by atoms with Crippen molar-refractivity contribution in [2.75, 3.05) is 25.1 Å². The van der Waals surface area contributed by atoms with Crippen LogP contribution < -0.4 is 14.8 Å². The second-order valence-electron chi connectivity index (χ2n) is 5.01. The number of benzene rings is 2. The fourth-order valence-electron chi connectivity index (χ4n) is 2.08. The Labute approximate surface area is 126 Å². The van der Waals surface area contributed by atoms with Gasteiger partial charge in [0.1, 0.15) is 18.1 Å². The molecule has 1 N–H and O–H groups in total. The first kappa shape index (κ1) is 15.2. The summed E-state index contributed by atoms with van der Waals surface area (Å²) in [6.45, 7) is 8.18. The van der Waals surface area contributed by atoms with Crippen molar-refractivity contribution >= 4 is 5.69 Å². The average Bonchev–Trinajstić information content (AvgIpc) is 2.48. The van der Waals surface area contributed by atoms with Crippen molar-refractivity contribution in [1.82, 2.24) is 0 Å². The molecule has 0 aliphatic carbocycles. The molecule has 0 fully saturated rings. The predicted molar refractivity (Wildman–Crippen MR) is 87.5 cm³/mol. The minimum Gasteiger partial charge on any atom is -0.494 e. The first-order valence-corrected chi connectivity index (χ1v) is 7.36. The van der Waals surface area contributed by atoms with Gasteiger partial charge >= 0.3 is 0 Å². The minimum absolute atomic E-state index is 0.628. The molecule has 0 saturated heterocycles. The van der Waals surface area contributed by atoms with Gasteiger partial charge in [0, 0.05) is 18.3 Å². The molecule has 0 bridgehead atoms. The number of hydrogen-bond donors (Lipinski definition) is 1. The lowest BCUT2D eigenvalue weighted by molar-refractivity contribution is 0.330. The predicted octanol–water partition coefficient (Wildman–Crippen LogP) is 4.19. The van der Waals surface area contributed by atoms with Crippen molar-refractivity contribution < 1.29 is 9.47 Å². The maximum absolute atomic E-state index is 5.82. The topological polar surface area (TPSA) is 30.5 Å². The van der Waals surface area contributed by atoms with Gasteiger partial charge in [-0.2, -0.15) is 0 Å². The van der Waals surface area contributed by atoms with Gasteiger partial charge in [0.05, 0.1) is 6.61 Å². The summed E-state index contributed by atoms with van der Waals surface area (Å²) in [5.74, 6) is 1.85. The van der Waals surface area contributed by atoms with Crippen molar-refractivity contribution in [2.45, 2.75) is 20.8 Å². The zero-order chi connectivity index (χ0) is 15.1. The molecule has 2 aromatic carbocycles. The fourth-order valence-corrected chi connectivity index (χ4v) is 2.08. The van der Waals surface area contributed by atoms with E-state index in [0.29, 0.717) is 13.2 Å². The third kappa shape index (κ3) is 4.71. The zero-order valence-electron chi connectivity index (χ0n) is 13.0. The van der Waals surface area contributed by atoms with Gasteiger partial charge in [-0.3, -0.25) is 0 Å². The SMILES string of the molecule is CCOc1cccc(NCCOc2cc(C)ccc2C)c1. The lowest BCUT2D eigenvalue weighted by Crippen LogP contribution is -2.12. The second kappa shape index (κ2) is 7.58. The van der Waals surface area contributed by atoms with E-state index in [9.17, 15) is 0 Å². The highest BCUT2D eigenvalue weighted by molar-refractivity contribution is 5.48. The molecular formula is C18H23NO2. The largest absolute Gasteiger partial charge is 0.494 e. The summed E-state index contributed by atoms with van der Waals surface area (Å²) in [6, 6.07) is 14.2. The summed E-state index contributed by atoms with van der Waals surface area (Å²) in [4.78, 5) is 0. The van der Waals surface area contributed by atoms with Gasteiger partial charge in [-0.25, -0.2) is 0 Å². The van der Waals surface area contributed by atoms with E-state index in [2.05, 4.69) is 37.4 Å². The summed E-state index contributed by atoms with van der Waals surface area (Å²) < 4.78 is 11.3. The number of rotatable bonds is 7. The van der Waals surface area contributed by atoms with Crippen LogP contribution in [0.2, 0.25) is 0 Å². The Hall–Kier alpha value is -2.16. The molecule has 0 heterocycles. The Bertz CT molecular complexity index is 581. The van der Waals surface area contributed by atoms with Crippen LogP contribution >= 0.6 is 0 Å². The zero-order valence-corrected chi connectivity index (χ0v) is 13.0. The highest BCUT2D eigenvalue weighted by Gasteiger charge is 2.00. The van der Waals surface area contributed by atoms with E-state index in [0.717, 1.165) is 23.7 Å². The summed E-state index contributed by atoms with van der Waals surface area (Å²) in [5, 5.41) is 3.34. The normalized spacial score (nSPS) is 10.2. The van der Waals surface area contributed by atoms with Gasteiger partial charge in [0.2, 0.25) is 0 Å². The molecular weight excluding hydrogens is 262 g/mol. The van der Waals surface area contributed by atoms with Gasteiger partial charge < -0.3 is 14.8 Å². The van der Waals surface area contributed by atoms with Crippen molar-refractivity contribution in [1.29, 1.82) is 0 Å². The van der Waals surface area contributed by atoms with Crippen LogP contribution in [0.1, 0.15) is 18.1 Å². The van der Waals surface area contributed by atoms with Crippen LogP contribution in [0.3, 0.4) is 0 Å². The summed E-state index contributed by atoms with van der Waals surface area (Å²) in [7, 11) is 0. The molecule has 0 amide bonds. The number of aryl methyl sites for hydroxylation is 2. The molecule has 0 aliphatic heterocycles. The van der Waals surface area contributed by atoms with Crippen LogP contribution in [0.5, 0.6) is 11.5 Å². The quantitative estimate of drug-likeness (QED) is 0.774. The Morgan fingerprint density at radius 2 is 1.86 bits per heavy atom. The third-order valence-corrected chi connectivity index (χ3v) is 3.18. The minimum atomic E-state index is 0.628. The molecule has 0 saturated carbocycles. The van der Waals surface area contributed by atoms with Crippen molar-refractivity contribution in [3.05, 3.63) is 53.6 Å². The monoisotopic (exact) mass is 285 g/mol. The second-order valence-corrected chi connectivity index (χ2v) is 5.01. The first-order valence-electron chi connectivity index (χ1n) is 7.36. The number of nitrogens with one attached hydrogen (secondary N) is 1. The highest BCUT2D eigenvalue weighted by atomic mass is 16.5. The molecule has 0 unspecified atom stereocenters. The number of anilines is 1. The Morgan fingerprint density at radius 1 is 1.00 bits per heavy atom.